The third-order valence-corrected chi connectivity index (χ3v) is 2.66. The van der Waals surface area contributed by atoms with E-state index < -0.39 is 5.97 Å². The molecule has 1 fully saturated rings. The summed E-state index contributed by atoms with van der Waals surface area (Å²) in [6, 6.07) is 0. The molecule has 1 aromatic rings. The first-order valence-corrected chi connectivity index (χ1v) is 5.20. The fraction of sp³-hybridized carbons (Fsp3) is 0.444. The molecule has 2 rings (SSSR count). The maximum Gasteiger partial charge on any atom is 0.342 e. The van der Waals surface area contributed by atoms with Crippen LogP contribution in [0, 0.1) is 0 Å². The van der Waals surface area contributed by atoms with Crippen molar-refractivity contribution in [2.45, 2.75) is 18.8 Å². The summed E-state index contributed by atoms with van der Waals surface area (Å²) < 4.78 is 4.63. The van der Waals surface area contributed by atoms with Crippen LogP contribution in [0.3, 0.4) is 0 Å². The molecule has 0 aromatic carbocycles. The molecular weight excluding hydrogens is 239 g/mol. The molecule has 6 heteroatoms. The van der Waals surface area contributed by atoms with Gasteiger partial charge in [-0.15, -0.1) is 0 Å². The van der Waals surface area contributed by atoms with Crippen molar-refractivity contribution in [3.63, 3.8) is 0 Å². The largest absolute Gasteiger partial charge is 0.465 e. The van der Waals surface area contributed by atoms with Gasteiger partial charge in [0.05, 0.1) is 12.8 Å². The van der Waals surface area contributed by atoms with Crippen LogP contribution in [0.4, 0.5) is 0 Å². The fourth-order valence-electron chi connectivity index (χ4n) is 1.37. The van der Waals surface area contributed by atoms with Crippen LogP contribution in [-0.2, 0) is 4.74 Å². The number of carbonyl (C=O) groups excluding carboxylic acids is 1. The van der Waals surface area contributed by atoms with Crippen molar-refractivity contribution >= 4 is 29.2 Å². The van der Waals surface area contributed by atoms with E-state index in [1.54, 1.807) is 0 Å². The van der Waals surface area contributed by atoms with Crippen molar-refractivity contribution in [3.8, 4) is 0 Å². The molecule has 1 aliphatic carbocycles. The third-order valence-electron chi connectivity index (χ3n) is 2.22. The van der Waals surface area contributed by atoms with Gasteiger partial charge >= 0.3 is 5.97 Å². The number of aromatic nitrogens is 2. The average molecular weight is 247 g/mol. The van der Waals surface area contributed by atoms with Gasteiger partial charge in [0.25, 0.3) is 0 Å². The van der Waals surface area contributed by atoms with E-state index in [2.05, 4.69) is 14.7 Å². The minimum atomic E-state index is -0.515. The van der Waals surface area contributed by atoms with E-state index in [0.717, 1.165) is 12.8 Å². The second-order valence-corrected chi connectivity index (χ2v) is 4.01. The number of carbonyl (C=O) groups is 1. The molecule has 15 heavy (non-hydrogen) atoms. The zero-order valence-electron chi connectivity index (χ0n) is 7.96. The molecule has 0 saturated heterocycles. The van der Waals surface area contributed by atoms with Gasteiger partial charge in [-0.05, 0) is 24.4 Å². The SMILES string of the molecule is COC(=O)c1c(Cl)nc(Cl)nc1C1CC1. The van der Waals surface area contributed by atoms with Crippen LogP contribution in [0.5, 0.6) is 0 Å². The highest BCUT2D eigenvalue weighted by atomic mass is 35.5. The summed E-state index contributed by atoms with van der Waals surface area (Å²) in [6.07, 6.45) is 1.99. The molecule has 0 bridgehead atoms. The molecule has 1 heterocycles. The predicted octanol–water partition coefficient (Wildman–Crippen LogP) is 2.45. The van der Waals surface area contributed by atoms with Crippen molar-refractivity contribution in [1.29, 1.82) is 0 Å². The summed E-state index contributed by atoms with van der Waals surface area (Å²) in [7, 11) is 1.30. The van der Waals surface area contributed by atoms with E-state index in [1.807, 2.05) is 0 Å². The quantitative estimate of drug-likeness (QED) is 0.457. The molecule has 1 aromatic heterocycles. The van der Waals surface area contributed by atoms with Crippen molar-refractivity contribution in [3.05, 3.63) is 21.7 Å². The maximum atomic E-state index is 11.5. The molecule has 0 unspecified atom stereocenters. The first kappa shape index (κ1) is 10.6. The van der Waals surface area contributed by atoms with Crippen molar-refractivity contribution in [2.75, 3.05) is 7.11 Å². The molecule has 0 atom stereocenters. The lowest BCUT2D eigenvalue weighted by Gasteiger charge is -2.07. The van der Waals surface area contributed by atoms with Crippen molar-refractivity contribution < 1.29 is 9.53 Å². The predicted molar refractivity (Wildman–Crippen MR) is 55.4 cm³/mol. The normalized spacial score (nSPS) is 15.1. The Bertz CT molecular complexity index is 419. The van der Waals surface area contributed by atoms with Crippen LogP contribution in [-0.4, -0.2) is 23.0 Å². The Morgan fingerprint density at radius 3 is 2.60 bits per heavy atom. The molecule has 80 valence electrons. The summed E-state index contributed by atoms with van der Waals surface area (Å²) in [6.45, 7) is 0. The molecule has 0 amide bonds. The maximum absolute atomic E-state index is 11.5. The molecule has 4 nitrogen and oxygen atoms in total. The zero-order chi connectivity index (χ0) is 11.0. The smallest absolute Gasteiger partial charge is 0.342 e. The highest BCUT2D eigenvalue weighted by Crippen LogP contribution is 2.42. The topological polar surface area (TPSA) is 52.1 Å². The number of nitrogens with zero attached hydrogens (tertiary/aromatic N) is 2. The summed E-state index contributed by atoms with van der Waals surface area (Å²) in [5.74, 6) is -0.254. The monoisotopic (exact) mass is 246 g/mol. The Hall–Kier alpha value is -0.870. The number of ether oxygens (including phenoxy) is 1. The summed E-state index contributed by atoms with van der Waals surface area (Å²) in [5, 5.41) is 0.123. The molecule has 0 aliphatic heterocycles. The molecular formula is C9H8Cl2N2O2. The lowest BCUT2D eigenvalue weighted by molar-refractivity contribution is 0.0598. The van der Waals surface area contributed by atoms with Crippen LogP contribution in [0.15, 0.2) is 0 Å². The summed E-state index contributed by atoms with van der Waals surface area (Å²) in [4.78, 5) is 19.2. The van der Waals surface area contributed by atoms with Crippen LogP contribution in [0.1, 0.15) is 34.8 Å². The highest BCUT2D eigenvalue weighted by Gasteiger charge is 2.32. The van der Waals surface area contributed by atoms with Crippen LogP contribution in [0.25, 0.3) is 0 Å². The summed E-state index contributed by atoms with van der Waals surface area (Å²) in [5.41, 5.74) is 0.845. The summed E-state index contributed by atoms with van der Waals surface area (Å²) >= 11 is 11.5. The van der Waals surface area contributed by atoms with Gasteiger partial charge in [0.2, 0.25) is 5.28 Å². The molecule has 0 spiro atoms. The lowest BCUT2D eigenvalue weighted by Crippen LogP contribution is -2.09. The minimum Gasteiger partial charge on any atom is -0.465 e. The van der Waals surface area contributed by atoms with Crippen LogP contribution >= 0.6 is 23.2 Å². The van der Waals surface area contributed by atoms with E-state index >= 15 is 0 Å². The van der Waals surface area contributed by atoms with E-state index in [1.165, 1.54) is 7.11 Å². The molecule has 0 radical (unpaired) electrons. The number of methoxy groups -OCH3 is 1. The van der Waals surface area contributed by atoms with Gasteiger partial charge in [0, 0.05) is 5.92 Å². The van der Waals surface area contributed by atoms with Gasteiger partial charge in [-0.1, -0.05) is 11.6 Å². The first-order valence-electron chi connectivity index (χ1n) is 4.44. The Morgan fingerprint density at radius 1 is 1.40 bits per heavy atom. The Kier molecular flexibility index (Phi) is 2.80. The Labute approximate surface area is 96.6 Å². The van der Waals surface area contributed by atoms with E-state index in [-0.39, 0.29) is 21.9 Å². The van der Waals surface area contributed by atoms with Crippen molar-refractivity contribution in [1.82, 2.24) is 9.97 Å². The second-order valence-electron chi connectivity index (χ2n) is 3.31. The van der Waals surface area contributed by atoms with Crippen molar-refractivity contribution in [2.24, 2.45) is 0 Å². The third kappa shape index (κ3) is 2.06. The van der Waals surface area contributed by atoms with Gasteiger partial charge in [-0.3, -0.25) is 0 Å². The number of rotatable bonds is 2. The Balaban J connectivity index is 2.53. The van der Waals surface area contributed by atoms with Crippen LogP contribution in [0.2, 0.25) is 10.4 Å². The average Bonchev–Trinajstić information content (AvgIpc) is 2.98. The van der Waals surface area contributed by atoms with Gasteiger partial charge in [0.1, 0.15) is 10.7 Å². The first-order chi connectivity index (χ1) is 7.13. The highest BCUT2D eigenvalue weighted by molar-refractivity contribution is 6.34. The number of hydrogen-bond donors (Lipinski definition) is 0. The standard InChI is InChI=1S/C9H8Cl2N2O2/c1-15-8(14)5-6(4-2-3-4)12-9(11)13-7(5)10/h4H,2-3H2,1H3. The van der Waals surface area contributed by atoms with E-state index in [4.69, 9.17) is 23.2 Å². The number of esters is 1. The molecule has 0 N–H and O–H groups in total. The van der Waals surface area contributed by atoms with Gasteiger partial charge < -0.3 is 4.74 Å². The minimum absolute atomic E-state index is 0.0590. The zero-order valence-corrected chi connectivity index (χ0v) is 9.47. The van der Waals surface area contributed by atoms with E-state index in [9.17, 15) is 4.79 Å². The molecule has 1 aliphatic rings. The lowest BCUT2D eigenvalue weighted by atomic mass is 10.1. The number of halogens is 2. The fourth-order valence-corrected chi connectivity index (χ4v) is 1.84. The van der Waals surface area contributed by atoms with E-state index in [0.29, 0.717) is 5.69 Å². The number of hydrogen-bond acceptors (Lipinski definition) is 4. The van der Waals surface area contributed by atoms with Gasteiger partial charge in [0.15, 0.2) is 0 Å². The van der Waals surface area contributed by atoms with Crippen LogP contribution < -0.4 is 0 Å². The molecule has 1 saturated carbocycles. The van der Waals surface area contributed by atoms with Gasteiger partial charge in [-0.25, -0.2) is 14.8 Å². The second kappa shape index (κ2) is 3.94. The Morgan fingerprint density at radius 2 is 2.07 bits per heavy atom. The van der Waals surface area contributed by atoms with Gasteiger partial charge in [-0.2, -0.15) is 0 Å².